The minimum absolute atomic E-state index is 0.0878. The zero-order valence-electron chi connectivity index (χ0n) is 15.9. The maximum absolute atomic E-state index is 11.3. The lowest BCUT2D eigenvalue weighted by molar-refractivity contribution is -0.168. The smallest absolute Gasteiger partial charge is 0.417 e. The Kier molecular flexibility index (Phi) is 6.71. The number of carboxylic acid groups (broad SMARTS) is 1. The third-order valence-corrected chi connectivity index (χ3v) is 5.40. The summed E-state index contributed by atoms with van der Waals surface area (Å²) in [5, 5.41) is 13.3. The molecule has 2 atom stereocenters. The number of carboxylic acids is 1. The van der Waals surface area contributed by atoms with Crippen LogP contribution in [0.15, 0.2) is 6.07 Å². The number of carbonyl (C=O) groups excluding carboxylic acids is 1. The molecular formula is C19H29N3O5. The molecule has 1 aromatic heterocycles. The molecule has 0 radical (unpaired) electrons. The summed E-state index contributed by atoms with van der Waals surface area (Å²) in [5.74, 6) is -2.11. The van der Waals surface area contributed by atoms with Crippen LogP contribution in [0.25, 0.3) is 0 Å². The molecule has 2 fully saturated rings. The first-order valence-electron chi connectivity index (χ1n) is 9.88. The Morgan fingerprint density at radius 1 is 1.22 bits per heavy atom. The maximum atomic E-state index is 11.3. The van der Waals surface area contributed by atoms with Crippen LogP contribution in [0.3, 0.4) is 0 Å². The van der Waals surface area contributed by atoms with E-state index in [1.54, 1.807) is 0 Å². The Labute approximate surface area is 159 Å². The van der Waals surface area contributed by atoms with E-state index in [9.17, 15) is 9.59 Å². The van der Waals surface area contributed by atoms with Crippen LogP contribution < -0.4 is 4.74 Å². The number of ether oxygens (including phenoxy) is 2. The third-order valence-electron chi connectivity index (χ3n) is 5.40. The zero-order chi connectivity index (χ0) is 19.2. The topological polar surface area (TPSA) is 93.9 Å². The van der Waals surface area contributed by atoms with Crippen LogP contribution in [-0.4, -0.2) is 64.1 Å². The normalized spacial score (nSPS) is 23.7. The molecule has 1 aromatic rings. The highest BCUT2D eigenvalue weighted by molar-refractivity contribution is 6.28. The number of likely N-dealkylation sites (tertiary alicyclic amines) is 1. The highest BCUT2D eigenvalue weighted by Crippen LogP contribution is 2.32. The van der Waals surface area contributed by atoms with Crippen molar-refractivity contribution in [2.24, 2.45) is 0 Å². The van der Waals surface area contributed by atoms with Gasteiger partial charge in [-0.15, -0.1) is 5.10 Å². The van der Waals surface area contributed by atoms with Gasteiger partial charge in [-0.1, -0.05) is 6.42 Å². The van der Waals surface area contributed by atoms with E-state index in [0.29, 0.717) is 25.3 Å². The van der Waals surface area contributed by atoms with E-state index in [-0.39, 0.29) is 12.1 Å². The molecule has 8 heteroatoms. The van der Waals surface area contributed by atoms with Gasteiger partial charge in [0.05, 0.1) is 6.04 Å². The summed E-state index contributed by atoms with van der Waals surface area (Å²) in [4.78, 5) is 24.4. The molecule has 3 rings (SSSR count). The van der Waals surface area contributed by atoms with E-state index in [0.717, 1.165) is 38.2 Å². The second-order valence-corrected chi connectivity index (χ2v) is 7.47. The van der Waals surface area contributed by atoms with Gasteiger partial charge < -0.3 is 14.6 Å². The van der Waals surface area contributed by atoms with Gasteiger partial charge in [-0.3, -0.25) is 9.58 Å². The van der Waals surface area contributed by atoms with Gasteiger partial charge in [-0.05, 0) is 52.1 Å². The van der Waals surface area contributed by atoms with E-state index in [1.807, 2.05) is 17.7 Å². The molecule has 0 amide bonds. The van der Waals surface area contributed by atoms with Gasteiger partial charge in [0.1, 0.15) is 12.7 Å². The average molecular weight is 379 g/mol. The van der Waals surface area contributed by atoms with Crippen LogP contribution in [0.4, 0.5) is 0 Å². The van der Waals surface area contributed by atoms with Gasteiger partial charge in [-0.2, -0.15) is 0 Å². The van der Waals surface area contributed by atoms with Crippen molar-refractivity contribution in [2.75, 3.05) is 26.2 Å². The Morgan fingerprint density at radius 3 is 2.74 bits per heavy atom. The zero-order valence-corrected chi connectivity index (χ0v) is 15.9. The molecule has 0 aromatic carbocycles. The molecule has 0 spiro atoms. The number of aromatic nitrogens is 2. The minimum Gasteiger partial charge on any atom is -0.475 e. The van der Waals surface area contributed by atoms with Crippen molar-refractivity contribution in [1.82, 2.24) is 14.7 Å². The first-order chi connectivity index (χ1) is 13.0. The van der Waals surface area contributed by atoms with Gasteiger partial charge in [-0.25, -0.2) is 9.59 Å². The molecule has 150 valence electrons. The van der Waals surface area contributed by atoms with Crippen molar-refractivity contribution in [1.29, 1.82) is 0 Å². The largest absolute Gasteiger partial charge is 0.475 e. The second-order valence-electron chi connectivity index (χ2n) is 7.47. The average Bonchev–Trinajstić information content (AvgIpc) is 3.03. The van der Waals surface area contributed by atoms with E-state index in [1.165, 1.54) is 19.3 Å². The van der Waals surface area contributed by atoms with Crippen LogP contribution in [0.5, 0.6) is 5.88 Å². The number of hydrogen-bond donors (Lipinski definition) is 1. The first kappa shape index (κ1) is 19.7. The monoisotopic (exact) mass is 379 g/mol. The van der Waals surface area contributed by atoms with Gasteiger partial charge in [0.2, 0.25) is 5.88 Å². The molecule has 2 heterocycles. The fourth-order valence-electron chi connectivity index (χ4n) is 4.01. The van der Waals surface area contributed by atoms with Crippen LogP contribution in [0.1, 0.15) is 56.7 Å². The molecule has 1 saturated carbocycles. The van der Waals surface area contributed by atoms with Gasteiger partial charge in [0.25, 0.3) is 0 Å². The Balaban J connectivity index is 1.52. The summed E-state index contributed by atoms with van der Waals surface area (Å²) < 4.78 is 12.8. The van der Waals surface area contributed by atoms with Crippen LogP contribution >= 0.6 is 0 Å². The number of carbonyl (C=O) groups is 2. The number of esters is 1. The SMILES string of the molecule is Cc1cc(OCCN2CCCCC2)nn1C1CCCC(OC(=O)C(=O)O)C1. The molecule has 2 unspecified atom stereocenters. The van der Waals surface area contributed by atoms with Gasteiger partial charge in [0, 0.05) is 24.7 Å². The summed E-state index contributed by atoms with van der Waals surface area (Å²) in [6.07, 6.45) is 6.55. The van der Waals surface area contributed by atoms with Crippen molar-refractivity contribution < 1.29 is 24.2 Å². The van der Waals surface area contributed by atoms with Gasteiger partial charge >= 0.3 is 11.9 Å². The van der Waals surface area contributed by atoms with Crippen molar-refractivity contribution in [2.45, 2.75) is 64.0 Å². The minimum atomic E-state index is -1.54. The van der Waals surface area contributed by atoms with Gasteiger partial charge in [0.15, 0.2) is 0 Å². The number of hydrogen-bond acceptors (Lipinski definition) is 6. The summed E-state index contributed by atoms with van der Waals surface area (Å²) >= 11 is 0. The number of nitrogens with zero attached hydrogens (tertiary/aromatic N) is 3. The lowest BCUT2D eigenvalue weighted by Crippen LogP contribution is -2.33. The van der Waals surface area contributed by atoms with Crippen LogP contribution in [0.2, 0.25) is 0 Å². The summed E-state index contributed by atoms with van der Waals surface area (Å²) in [6.45, 7) is 5.82. The predicted molar refractivity (Wildman–Crippen MR) is 97.8 cm³/mol. The molecule has 1 aliphatic heterocycles. The number of rotatable bonds is 6. The van der Waals surface area contributed by atoms with Crippen molar-refractivity contribution in [3.63, 3.8) is 0 Å². The molecular weight excluding hydrogens is 350 g/mol. The lowest BCUT2D eigenvalue weighted by Gasteiger charge is -2.29. The van der Waals surface area contributed by atoms with E-state index in [2.05, 4.69) is 10.00 Å². The second kappa shape index (κ2) is 9.21. The van der Waals surface area contributed by atoms with E-state index < -0.39 is 11.9 Å². The number of piperidine rings is 1. The van der Waals surface area contributed by atoms with Crippen molar-refractivity contribution >= 4 is 11.9 Å². The number of aryl methyl sites for hydroxylation is 1. The van der Waals surface area contributed by atoms with Crippen molar-refractivity contribution in [3.8, 4) is 5.88 Å². The van der Waals surface area contributed by atoms with E-state index in [4.69, 9.17) is 14.6 Å². The lowest BCUT2D eigenvalue weighted by atomic mass is 9.93. The van der Waals surface area contributed by atoms with Crippen molar-refractivity contribution in [3.05, 3.63) is 11.8 Å². The highest BCUT2D eigenvalue weighted by atomic mass is 16.6. The highest BCUT2D eigenvalue weighted by Gasteiger charge is 2.29. The Hall–Kier alpha value is -2.09. The quantitative estimate of drug-likeness (QED) is 0.598. The summed E-state index contributed by atoms with van der Waals surface area (Å²) in [5.41, 5.74) is 0.998. The molecule has 1 N–H and O–H groups in total. The Morgan fingerprint density at radius 2 is 2.00 bits per heavy atom. The summed E-state index contributed by atoms with van der Waals surface area (Å²) in [6, 6.07) is 2.02. The van der Waals surface area contributed by atoms with E-state index >= 15 is 0 Å². The van der Waals surface area contributed by atoms with Crippen LogP contribution in [-0.2, 0) is 14.3 Å². The molecule has 27 heavy (non-hydrogen) atoms. The Bertz CT molecular complexity index is 654. The molecule has 8 nitrogen and oxygen atoms in total. The molecule has 1 aliphatic carbocycles. The first-order valence-corrected chi connectivity index (χ1v) is 9.88. The molecule has 2 aliphatic rings. The fraction of sp³-hybridized carbons (Fsp3) is 0.737. The number of aliphatic carboxylic acids is 1. The third kappa shape index (κ3) is 5.45. The summed E-state index contributed by atoms with van der Waals surface area (Å²) in [7, 11) is 0. The van der Waals surface area contributed by atoms with Crippen LogP contribution in [0, 0.1) is 6.92 Å². The standard InChI is InChI=1S/C19H29N3O5/c1-14-12-17(26-11-10-21-8-3-2-4-9-21)20-22(14)15-6-5-7-16(13-15)27-19(25)18(23)24/h12,15-16H,2-11,13H2,1H3,(H,23,24). The predicted octanol–water partition coefficient (Wildman–Crippen LogP) is 2.17. The molecule has 0 bridgehead atoms. The fourth-order valence-corrected chi connectivity index (χ4v) is 4.01. The molecule has 1 saturated heterocycles. The maximum Gasteiger partial charge on any atom is 0.417 e.